The zero-order chi connectivity index (χ0) is 25.6. The Balaban J connectivity index is 2.39. The van der Waals surface area contributed by atoms with E-state index in [0.29, 0.717) is 21.8 Å². The smallest absolute Gasteiger partial charge is 0.408 e. The van der Waals surface area contributed by atoms with Crippen LogP contribution in [0.2, 0.25) is 5.02 Å². The second kappa shape index (κ2) is 10.9. The van der Waals surface area contributed by atoms with Gasteiger partial charge < -0.3 is 20.5 Å². The fourth-order valence-corrected chi connectivity index (χ4v) is 3.35. The molecule has 0 saturated carbocycles. The minimum Gasteiger partial charge on any atom is -0.508 e. The first-order chi connectivity index (χ1) is 15.8. The van der Waals surface area contributed by atoms with Crippen LogP contribution in [-0.2, 0) is 14.3 Å². The van der Waals surface area contributed by atoms with Gasteiger partial charge in [-0.15, -0.1) is 0 Å². The van der Waals surface area contributed by atoms with Crippen molar-refractivity contribution in [3.8, 4) is 18.2 Å². The number of aryl methyl sites for hydroxylation is 1. The summed E-state index contributed by atoms with van der Waals surface area (Å²) in [5, 5.41) is 15.2. The van der Waals surface area contributed by atoms with Crippen LogP contribution in [0.25, 0.3) is 0 Å². The van der Waals surface area contributed by atoms with Crippen molar-refractivity contribution in [1.82, 2.24) is 10.2 Å². The molecule has 0 heterocycles. The summed E-state index contributed by atoms with van der Waals surface area (Å²) in [6, 6.07) is 10.7. The van der Waals surface area contributed by atoms with E-state index in [0.717, 1.165) is 4.90 Å². The Kier molecular flexibility index (Phi) is 8.55. The Bertz CT molecular complexity index is 1080. The fourth-order valence-electron chi connectivity index (χ4n) is 3.08. The number of phenols is 1. The molecule has 0 aliphatic heterocycles. The molecule has 0 aromatic heterocycles. The highest BCUT2D eigenvalue weighted by molar-refractivity contribution is 6.34. The van der Waals surface area contributed by atoms with E-state index in [4.69, 9.17) is 22.8 Å². The number of ether oxygens (including phenoxy) is 1. The van der Waals surface area contributed by atoms with E-state index in [1.54, 1.807) is 45.9 Å². The van der Waals surface area contributed by atoms with Crippen LogP contribution in [0.15, 0.2) is 42.5 Å². The van der Waals surface area contributed by atoms with E-state index in [1.807, 2.05) is 0 Å². The van der Waals surface area contributed by atoms with E-state index < -0.39 is 35.6 Å². The number of para-hydroxylation sites is 1. The molecule has 0 bridgehead atoms. The van der Waals surface area contributed by atoms with Crippen molar-refractivity contribution in [2.75, 3.05) is 5.32 Å². The second-order valence-electron chi connectivity index (χ2n) is 8.62. The predicted octanol–water partition coefficient (Wildman–Crippen LogP) is 4.37. The molecular formula is C25H28ClN3O5. The highest BCUT2D eigenvalue weighted by Crippen LogP contribution is 2.29. The number of carbonyl (C=O) groups excluding carboxylic acids is 3. The number of halogens is 1. The highest BCUT2D eigenvalue weighted by atomic mass is 35.5. The quantitative estimate of drug-likeness (QED) is 0.416. The van der Waals surface area contributed by atoms with Crippen LogP contribution in [0.1, 0.15) is 44.9 Å². The largest absolute Gasteiger partial charge is 0.508 e. The predicted molar refractivity (Wildman–Crippen MR) is 130 cm³/mol. The summed E-state index contributed by atoms with van der Waals surface area (Å²) in [6.07, 6.45) is 4.86. The number of phenolic OH excluding ortho intramolecular Hbond substituents is 1. The summed E-state index contributed by atoms with van der Waals surface area (Å²) >= 11 is 6.25. The lowest BCUT2D eigenvalue weighted by atomic mass is 10.0. The number of nitrogens with one attached hydrogen (secondary N) is 2. The zero-order valence-corrected chi connectivity index (χ0v) is 20.4. The van der Waals surface area contributed by atoms with Crippen molar-refractivity contribution >= 4 is 35.2 Å². The number of rotatable bonds is 6. The van der Waals surface area contributed by atoms with E-state index in [9.17, 15) is 19.5 Å². The molecule has 180 valence electrons. The molecule has 0 fully saturated rings. The van der Waals surface area contributed by atoms with Crippen LogP contribution in [0, 0.1) is 19.4 Å². The molecule has 3 N–H and O–H groups in total. The minimum atomic E-state index is -1.28. The van der Waals surface area contributed by atoms with Gasteiger partial charge in [0.25, 0.3) is 11.8 Å². The van der Waals surface area contributed by atoms with Crippen molar-refractivity contribution in [1.29, 1.82) is 0 Å². The van der Waals surface area contributed by atoms with Gasteiger partial charge in [0.05, 0.1) is 10.7 Å². The summed E-state index contributed by atoms with van der Waals surface area (Å²) in [5.74, 6) is -1.36. The molecule has 2 rings (SSSR count). The van der Waals surface area contributed by atoms with Gasteiger partial charge in [-0.25, -0.2) is 4.79 Å². The van der Waals surface area contributed by atoms with E-state index in [2.05, 4.69) is 16.7 Å². The fraction of sp³-hybridized carbons (Fsp3) is 0.320. The number of hydrogen-bond acceptors (Lipinski definition) is 5. The highest BCUT2D eigenvalue weighted by Gasteiger charge is 2.34. The standard InChI is InChI=1S/C25H28ClN3O5/c1-7-29(23(32)16(3)27-24(33)34-25(4,5)6)21(17-11-13-18(30)14-12-17)22(31)28-20-15(2)9-8-10-19(20)26/h1,8-14,16,21,30H,2-6H3,(H,27,33)(H,28,31). The van der Waals surface area contributed by atoms with Gasteiger partial charge in [0.15, 0.2) is 0 Å². The number of carbonyl (C=O) groups is 3. The summed E-state index contributed by atoms with van der Waals surface area (Å²) in [7, 11) is 0. The summed E-state index contributed by atoms with van der Waals surface area (Å²) in [5.41, 5.74) is 0.668. The monoisotopic (exact) mass is 485 g/mol. The number of amides is 3. The van der Waals surface area contributed by atoms with Gasteiger partial charge in [-0.2, -0.15) is 0 Å². The van der Waals surface area contributed by atoms with Crippen molar-refractivity contribution in [2.45, 2.75) is 52.3 Å². The Morgan fingerprint density at radius 2 is 1.76 bits per heavy atom. The molecular weight excluding hydrogens is 458 g/mol. The molecule has 2 aromatic carbocycles. The van der Waals surface area contributed by atoms with Crippen LogP contribution in [-0.4, -0.2) is 39.6 Å². The lowest BCUT2D eigenvalue weighted by Gasteiger charge is -2.29. The van der Waals surface area contributed by atoms with Crippen molar-refractivity contribution in [3.05, 3.63) is 58.6 Å². The number of hydrogen-bond donors (Lipinski definition) is 3. The van der Waals surface area contributed by atoms with E-state index in [1.165, 1.54) is 31.2 Å². The van der Waals surface area contributed by atoms with Gasteiger partial charge in [-0.05, 0) is 63.9 Å². The maximum absolute atomic E-state index is 13.4. The van der Waals surface area contributed by atoms with Gasteiger partial charge in [0.2, 0.25) is 0 Å². The van der Waals surface area contributed by atoms with Gasteiger partial charge in [-0.1, -0.05) is 42.3 Å². The first-order valence-corrected chi connectivity index (χ1v) is 10.9. The van der Waals surface area contributed by atoms with Crippen molar-refractivity contribution in [2.24, 2.45) is 0 Å². The molecule has 3 amide bonds. The summed E-state index contributed by atoms with van der Waals surface area (Å²) < 4.78 is 5.19. The first kappa shape index (κ1) is 26.6. The Morgan fingerprint density at radius 1 is 1.15 bits per heavy atom. The third kappa shape index (κ3) is 6.90. The summed E-state index contributed by atoms with van der Waals surface area (Å²) in [6.45, 7) is 8.27. The average Bonchev–Trinajstić information content (AvgIpc) is 2.73. The van der Waals surface area contributed by atoms with Crippen LogP contribution >= 0.6 is 11.6 Å². The van der Waals surface area contributed by atoms with E-state index in [-0.39, 0.29) is 5.75 Å². The molecule has 34 heavy (non-hydrogen) atoms. The Labute approximate surface area is 204 Å². The van der Waals surface area contributed by atoms with Gasteiger partial charge in [0.1, 0.15) is 23.4 Å². The van der Waals surface area contributed by atoms with E-state index >= 15 is 0 Å². The van der Waals surface area contributed by atoms with Crippen LogP contribution in [0.4, 0.5) is 10.5 Å². The number of aromatic hydroxyl groups is 1. The Hall–Kier alpha value is -3.70. The van der Waals surface area contributed by atoms with Crippen LogP contribution < -0.4 is 10.6 Å². The second-order valence-corrected chi connectivity index (χ2v) is 9.03. The third-order valence-electron chi connectivity index (χ3n) is 4.67. The van der Waals surface area contributed by atoms with Gasteiger partial charge >= 0.3 is 6.09 Å². The SMILES string of the molecule is C#CN(C(=O)C(C)NC(=O)OC(C)(C)C)C(C(=O)Nc1c(C)cccc1Cl)c1ccc(O)cc1. The third-order valence-corrected chi connectivity index (χ3v) is 4.98. The zero-order valence-electron chi connectivity index (χ0n) is 19.7. The molecule has 0 aliphatic carbocycles. The molecule has 2 atom stereocenters. The number of nitrogens with zero attached hydrogens (tertiary/aromatic N) is 1. The van der Waals surface area contributed by atoms with Gasteiger partial charge in [-0.3, -0.25) is 14.5 Å². The van der Waals surface area contributed by atoms with Crippen LogP contribution in [0.5, 0.6) is 5.75 Å². The lowest BCUT2D eigenvalue weighted by Crippen LogP contribution is -2.49. The molecule has 0 aliphatic rings. The average molecular weight is 486 g/mol. The molecule has 9 heteroatoms. The van der Waals surface area contributed by atoms with Crippen LogP contribution in [0.3, 0.4) is 0 Å². The molecule has 0 spiro atoms. The topological polar surface area (TPSA) is 108 Å². The number of anilines is 1. The minimum absolute atomic E-state index is 0.0246. The number of benzene rings is 2. The number of alkyl carbamates (subject to hydrolysis) is 1. The maximum atomic E-state index is 13.4. The molecule has 2 aromatic rings. The molecule has 0 radical (unpaired) electrons. The van der Waals surface area contributed by atoms with Gasteiger partial charge in [0, 0.05) is 6.04 Å². The maximum Gasteiger partial charge on any atom is 0.408 e. The molecule has 2 unspecified atom stereocenters. The van der Waals surface area contributed by atoms with Crippen molar-refractivity contribution in [3.63, 3.8) is 0 Å². The first-order valence-electron chi connectivity index (χ1n) is 10.5. The molecule has 8 nitrogen and oxygen atoms in total. The lowest BCUT2D eigenvalue weighted by molar-refractivity contribution is -0.136. The normalized spacial score (nSPS) is 12.6. The number of terminal acetylenes is 1. The summed E-state index contributed by atoms with van der Waals surface area (Å²) in [4.78, 5) is 39.6. The molecule has 0 saturated heterocycles. The Morgan fingerprint density at radius 3 is 2.29 bits per heavy atom. The van der Waals surface area contributed by atoms with Crippen molar-refractivity contribution < 1.29 is 24.2 Å².